The number of hydrogen-bond acceptors (Lipinski definition) is 4. The first kappa shape index (κ1) is 20.6. The lowest BCUT2D eigenvalue weighted by atomic mass is 10.2. The number of halogens is 1. The van der Waals surface area contributed by atoms with Crippen molar-refractivity contribution in [1.82, 2.24) is 10.9 Å². The van der Waals surface area contributed by atoms with Gasteiger partial charge in [-0.25, -0.2) is 0 Å². The van der Waals surface area contributed by atoms with E-state index in [1.165, 1.54) is 5.56 Å². The van der Waals surface area contributed by atoms with Crippen molar-refractivity contribution in [3.63, 3.8) is 0 Å². The second-order valence-corrected chi connectivity index (χ2v) is 6.43. The number of nitrogens with one attached hydrogen (secondary N) is 2. The molecule has 0 bridgehead atoms. The molecule has 7 heteroatoms. The molecule has 2 N–H and O–H groups in total. The normalized spacial score (nSPS) is 11.4. The van der Waals surface area contributed by atoms with Crippen LogP contribution in [0, 0.1) is 6.92 Å². The maximum absolute atomic E-state index is 12.0. The SMILES string of the molecule is CCc1ccc(O[C@H](C)C(=O)NNC(=O)COc2ccc(Cl)cc2C)cc1. The molecule has 0 fully saturated rings. The van der Waals surface area contributed by atoms with Gasteiger partial charge in [0.15, 0.2) is 12.7 Å². The molecule has 2 aromatic rings. The van der Waals surface area contributed by atoms with Crippen LogP contribution >= 0.6 is 11.6 Å². The van der Waals surface area contributed by atoms with Gasteiger partial charge in [-0.05, 0) is 61.7 Å². The highest BCUT2D eigenvalue weighted by Crippen LogP contribution is 2.21. The van der Waals surface area contributed by atoms with Crippen molar-refractivity contribution in [3.05, 3.63) is 58.6 Å². The fourth-order valence-electron chi connectivity index (χ4n) is 2.25. The predicted octanol–water partition coefficient (Wildman–Crippen LogP) is 3.20. The summed E-state index contributed by atoms with van der Waals surface area (Å²) in [4.78, 5) is 23.9. The van der Waals surface area contributed by atoms with E-state index < -0.39 is 17.9 Å². The summed E-state index contributed by atoms with van der Waals surface area (Å²) in [7, 11) is 0. The van der Waals surface area contributed by atoms with E-state index in [0.717, 1.165) is 12.0 Å². The van der Waals surface area contributed by atoms with E-state index in [-0.39, 0.29) is 6.61 Å². The summed E-state index contributed by atoms with van der Waals surface area (Å²) in [6.07, 6.45) is 0.164. The van der Waals surface area contributed by atoms with Gasteiger partial charge in [0.1, 0.15) is 11.5 Å². The number of benzene rings is 2. The third kappa shape index (κ3) is 6.49. The molecule has 0 aromatic heterocycles. The predicted molar refractivity (Wildman–Crippen MR) is 104 cm³/mol. The van der Waals surface area contributed by atoms with Gasteiger partial charge in [-0.3, -0.25) is 20.4 Å². The molecular formula is C20H23ClN2O4. The van der Waals surface area contributed by atoms with Crippen molar-refractivity contribution in [2.24, 2.45) is 0 Å². The van der Waals surface area contributed by atoms with Gasteiger partial charge in [-0.2, -0.15) is 0 Å². The Morgan fingerprint density at radius 2 is 1.81 bits per heavy atom. The summed E-state index contributed by atoms with van der Waals surface area (Å²) in [6, 6.07) is 12.6. The Bertz CT molecular complexity index is 793. The maximum atomic E-state index is 12.0. The van der Waals surface area contributed by atoms with Crippen LogP contribution in [0.5, 0.6) is 11.5 Å². The molecule has 0 saturated carbocycles. The van der Waals surface area contributed by atoms with Crippen LogP contribution in [0.1, 0.15) is 25.0 Å². The van der Waals surface area contributed by atoms with Gasteiger partial charge in [0.05, 0.1) is 0 Å². The van der Waals surface area contributed by atoms with Gasteiger partial charge >= 0.3 is 0 Å². The average molecular weight is 391 g/mol. The zero-order valence-corrected chi connectivity index (χ0v) is 16.3. The summed E-state index contributed by atoms with van der Waals surface area (Å²) >= 11 is 5.87. The lowest BCUT2D eigenvalue weighted by Crippen LogP contribution is -2.48. The van der Waals surface area contributed by atoms with Crippen molar-refractivity contribution >= 4 is 23.4 Å². The molecule has 144 valence electrons. The number of ether oxygens (including phenoxy) is 2. The van der Waals surface area contributed by atoms with Crippen LogP contribution in [0.3, 0.4) is 0 Å². The molecule has 0 aliphatic rings. The molecule has 0 aliphatic heterocycles. The quantitative estimate of drug-likeness (QED) is 0.712. The van der Waals surface area contributed by atoms with Crippen LogP contribution in [-0.4, -0.2) is 24.5 Å². The third-order valence-corrected chi connectivity index (χ3v) is 4.07. The van der Waals surface area contributed by atoms with Crippen LogP contribution in [0.4, 0.5) is 0 Å². The van der Waals surface area contributed by atoms with E-state index in [0.29, 0.717) is 16.5 Å². The van der Waals surface area contributed by atoms with Gasteiger partial charge in [-0.15, -0.1) is 0 Å². The molecule has 2 amide bonds. The Kier molecular flexibility index (Phi) is 7.49. The van der Waals surface area contributed by atoms with E-state index in [1.54, 1.807) is 25.1 Å². The third-order valence-electron chi connectivity index (χ3n) is 3.83. The Morgan fingerprint density at radius 3 is 2.44 bits per heavy atom. The van der Waals surface area contributed by atoms with E-state index in [4.69, 9.17) is 21.1 Å². The van der Waals surface area contributed by atoms with Crippen LogP contribution in [0.25, 0.3) is 0 Å². The van der Waals surface area contributed by atoms with Crippen LogP contribution in [0.2, 0.25) is 5.02 Å². The first-order valence-electron chi connectivity index (χ1n) is 8.62. The van der Waals surface area contributed by atoms with E-state index in [1.807, 2.05) is 31.2 Å². The number of amides is 2. The van der Waals surface area contributed by atoms with E-state index in [2.05, 4.69) is 17.8 Å². The summed E-state index contributed by atoms with van der Waals surface area (Å²) in [5, 5.41) is 0.592. The summed E-state index contributed by atoms with van der Waals surface area (Å²) in [6.45, 7) is 5.25. The fraction of sp³-hybridized carbons (Fsp3) is 0.300. The van der Waals surface area contributed by atoms with Gasteiger partial charge < -0.3 is 9.47 Å². The Hall–Kier alpha value is -2.73. The molecule has 2 rings (SSSR count). The molecule has 2 aromatic carbocycles. The number of rotatable bonds is 7. The number of carbonyl (C=O) groups is 2. The maximum Gasteiger partial charge on any atom is 0.279 e. The van der Waals surface area contributed by atoms with E-state index in [9.17, 15) is 9.59 Å². The second kappa shape index (κ2) is 9.83. The minimum Gasteiger partial charge on any atom is -0.483 e. The average Bonchev–Trinajstić information content (AvgIpc) is 2.66. The Labute approximate surface area is 163 Å². The van der Waals surface area contributed by atoms with Crippen molar-refractivity contribution in [2.45, 2.75) is 33.3 Å². The zero-order valence-electron chi connectivity index (χ0n) is 15.5. The number of hydrogen-bond donors (Lipinski definition) is 2. The molecule has 0 unspecified atom stereocenters. The monoisotopic (exact) mass is 390 g/mol. The molecular weight excluding hydrogens is 368 g/mol. The summed E-state index contributed by atoms with van der Waals surface area (Å²) in [5.41, 5.74) is 6.62. The first-order valence-corrected chi connectivity index (χ1v) is 9.00. The topological polar surface area (TPSA) is 76.7 Å². The standard InChI is InChI=1S/C20H23ClN2O4/c1-4-15-5-8-17(9-6-15)27-14(3)20(25)23-22-19(24)12-26-18-10-7-16(21)11-13(18)2/h5-11,14H,4,12H2,1-3H3,(H,22,24)(H,23,25)/t14-/m1/s1. The Balaban J connectivity index is 1.75. The lowest BCUT2D eigenvalue weighted by Gasteiger charge is -2.15. The van der Waals surface area contributed by atoms with Gasteiger partial charge in [0.25, 0.3) is 11.8 Å². The fourth-order valence-corrected chi connectivity index (χ4v) is 2.48. The van der Waals surface area contributed by atoms with Crippen molar-refractivity contribution in [1.29, 1.82) is 0 Å². The van der Waals surface area contributed by atoms with E-state index >= 15 is 0 Å². The molecule has 0 heterocycles. The minimum absolute atomic E-state index is 0.240. The number of aryl methyl sites for hydroxylation is 2. The van der Waals surface area contributed by atoms with Gasteiger partial charge in [-0.1, -0.05) is 30.7 Å². The van der Waals surface area contributed by atoms with Crippen LogP contribution < -0.4 is 20.3 Å². The molecule has 1 atom stereocenters. The van der Waals surface area contributed by atoms with Gasteiger partial charge in [0, 0.05) is 5.02 Å². The number of carbonyl (C=O) groups excluding carboxylic acids is 2. The van der Waals surface area contributed by atoms with Crippen LogP contribution in [0.15, 0.2) is 42.5 Å². The van der Waals surface area contributed by atoms with Crippen LogP contribution in [-0.2, 0) is 16.0 Å². The largest absolute Gasteiger partial charge is 0.483 e. The minimum atomic E-state index is -0.766. The van der Waals surface area contributed by atoms with Crippen molar-refractivity contribution in [3.8, 4) is 11.5 Å². The molecule has 0 aliphatic carbocycles. The molecule has 6 nitrogen and oxygen atoms in total. The Morgan fingerprint density at radius 1 is 1.11 bits per heavy atom. The highest BCUT2D eigenvalue weighted by Gasteiger charge is 2.15. The summed E-state index contributed by atoms with van der Waals surface area (Å²) < 4.78 is 11.0. The zero-order chi connectivity index (χ0) is 19.8. The summed E-state index contributed by atoms with van der Waals surface area (Å²) in [5.74, 6) is 0.179. The molecule has 0 spiro atoms. The highest BCUT2D eigenvalue weighted by atomic mass is 35.5. The smallest absolute Gasteiger partial charge is 0.279 e. The molecule has 27 heavy (non-hydrogen) atoms. The first-order chi connectivity index (χ1) is 12.9. The molecule has 0 radical (unpaired) electrons. The van der Waals surface area contributed by atoms with Crippen molar-refractivity contribution < 1.29 is 19.1 Å². The highest BCUT2D eigenvalue weighted by molar-refractivity contribution is 6.30. The lowest BCUT2D eigenvalue weighted by molar-refractivity contribution is -0.133. The second-order valence-electron chi connectivity index (χ2n) is 5.99. The number of hydrazine groups is 1. The molecule has 0 saturated heterocycles. The van der Waals surface area contributed by atoms with Crippen molar-refractivity contribution in [2.75, 3.05) is 6.61 Å². The van der Waals surface area contributed by atoms with Gasteiger partial charge in [0.2, 0.25) is 0 Å².